The van der Waals surface area contributed by atoms with Crippen LogP contribution < -0.4 is 5.73 Å². The van der Waals surface area contributed by atoms with E-state index in [9.17, 15) is 54.6 Å². The number of hydrogen-bond donors (Lipinski definition) is 7. The number of nitrogens with two attached hydrogens (primary N) is 1. The van der Waals surface area contributed by atoms with Crippen LogP contribution in [0.25, 0.3) is 5.76 Å². The number of carbonyl (C=O) groups excluding carboxylic acids is 5. The van der Waals surface area contributed by atoms with Crippen LogP contribution in [0.4, 0.5) is 0 Å². The SMILES string of the molecule is CC=C(C)C(=O)OC1C(O)CC(c2ccc3c(c2O)C(O)=C2C(=O)C4(O)C(O)=C(C(N)=O)C(=O)C(OC(=O)c5ccccc5O)C4CC2C3(C)OC)OC1C. The van der Waals surface area contributed by atoms with Crippen LogP contribution in [0.3, 0.4) is 0 Å². The fourth-order valence-corrected chi connectivity index (χ4v) is 8.17. The Morgan fingerprint density at radius 2 is 1.69 bits per heavy atom. The van der Waals surface area contributed by atoms with Crippen LogP contribution >= 0.6 is 0 Å². The van der Waals surface area contributed by atoms with E-state index in [1.54, 1.807) is 26.8 Å². The zero-order valence-corrected chi connectivity index (χ0v) is 30.4. The Labute approximate surface area is 314 Å². The number of ether oxygens (including phenoxy) is 4. The molecule has 9 atom stereocenters. The van der Waals surface area contributed by atoms with E-state index in [1.807, 2.05) is 0 Å². The van der Waals surface area contributed by atoms with Gasteiger partial charge in [-0.1, -0.05) is 30.3 Å². The van der Waals surface area contributed by atoms with Crippen molar-refractivity contribution in [1.82, 2.24) is 0 Å². The molecule has 3 aliphatic carbocycles. The summed E-state index contributed by atoms with van der Waals surface area (Å²) in [6.45, 7) is 6.30. The molecule has 0 bridgehead atoms. The summed E-state index contributed by atoms with van der Waals surface area (Å²) in [4.78, 5) is 66.6. The molecule has 9 unspecified atom stereocenters. The van der Waals surface area contributed by atoms with Gasteiger partial charge < -0.3 is 55.3 Å². The molecule has 16 heteroatoms. The number of aliphatic hydroxyl groups is 4. The monoisotopic (exact) mass is 763 g/mol. The van der Waals surface area contributed by atoms with E-state index < -0.39 is 124 Å². The second-order valence-corrected chi connectivity index (χ2v) is 14.3. The third-order valence-corrected chi connectivity index (χ3v) is 11.4. The summed E-state index contributed by atoms with van der Waals surface area (Å²) in [5.74, 6) is -12.6. The van der Waals surface area contributed by atoms with Gasteiger partial charge >= 0.3 is 11.9 Å². The van der Waals surface area contributed by atoms with Gasteiger partial charge in [-0.2, -0.15) is 0 Å². The first-order chi connectivity index (χ1) is 25.8. The van der Waals surface area contributed by atoms with Crippen LogP contribution in [-0.2, 0) is 43.7 Å². The molecule has 55 heavy (non-hydrogen) atoms. The highest BCUT2D eigenvalue weighted by molar-refractivity contribution is 6.24. The normalized spacial score (nSPS) is 32.0. The Kier molecular flexibility index (Phi) is 9.93. The van der Waals surface area contributed by atoms with E-state index in [1.165, 1.54) is 50.4 Å². The van der Waals surface area contributed by atoms with Crippen LogP contribution in [-0.4, -0.2) is 97.2 Å². The number of aromatic hydroxyl groups is 2. The van der Waals surface area contributed by atoms with Gasteiger partial charge in [0.05, 0.1) is 29.5 Å². The van der Waals surface area contributed by atoms with Crippen molar-refractivity contribution in [1.29, 1.82) is 0 Å². The fraction of sp³-hybridized carbons (Fsp3) is 0.410. The third kappa shape index (κ3) is 5.87. The van der Waals surface area contributed by atoms with Gasteiger partial charge in [0.15, 0.2) is 17.8 Å². The van der Waals surface area contributed by atoms with Gasteiger partial charge in [0.2, 0.25) is 11.6 Å². The summed E-state index contributed by atoms with van der Waals surface area (Å²) in [6.07, 6.45) is -5.35. The van der Waals surface area contributed by atoms with E-state index in [-0.39, 0.29) is 28.7 Å². The molecule has 8 N–H and O–H groups in total. The minimum absolute atomic E-state index is 0.0705. The number of primary amides is 1. The number of benzene rings is 2. The predicted molar refractivity (Wildman–Crippen MR) is 188 cm³/mol. The predicted octanol–water partition coefficient (Wildman–Crippen LogP) is 2.37. The van der Waals surface area contributed by atoms with Gasteiger partial charge in [-0.3, -0.25) is 14.4 Å². The topological polar surface area (TPSA) is 270 Å². The van der Waals surface area contributed by atoms with Crippen LogP contribution in [0.1, 0.15) is 73.7 Å². The number of para-hydroxylation sites is 1. The number of carbonyl (C=O) groups is 5. The number of fused-ring (bicyclic) bond motifs is 3. The molecule has 2 aromatic rings. The summed E-state index contributed by atoms with van der Waals surface area (Å²) in [6, 6.07) is 8.15. The van der Waals surface area contributed by atoms with Crippen molar-refractivity contribution in [2.45, 2.75) is 82.3 Å². The molecule has 0 spiro atoms. The van der Waals surface area contributed by atoms with Gasteiger partial charge in [0.1, 0.15) is 34.2 Å². The average molecular weight is 764 g/mol. The highest BCUT2D eigenvalue weighted by atomic mass is 16.6. The zero-order chi connectivity index (χ0) is 40.5. The van der Waals surface area contributed by atoms with Crippen molar-refractivity contribution in [2.24, 2.45) is 17.6 Å². The van der Waals surface area contributed by atoms with Crippen LogP contribution in [0.15, 0.2) is 65.0 Å². The van der Waals surface area contributed by atoms with Crippen molar-refractivity contribution in [3.63, 3.8) is 0 Å². The number of ketones is 2. The number of phenols is 2. The van der Waals surface area contributed by atoms with Crippen molar-refractivity contribution in [2.75, 3.05) is 7.11 Å². The van der Waals surface area contributed by atoms with E-state index >= 15 is 0 Å². The van der Waals surface area contributed by atoms with Gasteiger partial charge in [-0.25, -0.2) is 9.59 Å². The standard InChI is InChI=1S/C39H41NO15/c1-6-15(2)36(49)54-31-16(3)53-24(14-23(31)42)18-11-12-19-25(28(18)43)29(44)26-20(38(19,4)52-5)13-21-32(55-37(50)17-9-7-8-10-22(17)41)30(45)27(35(40)48)34(47)39(21,51)33(26)46/h6-12,16,20-21,23-24,31-32,41-44,47,51H,13-14H2,1-5H3,(H2,40,48). The minimum atomic E-state index is -3.18. The van der Waals surface area contributed by atoms with Crippen LogP contribution in [0.5, 0.6) is 11.5 Å². The lowest BCUT2D eigenvalue weighted by Crippen LogP contribution is -2.65. The molecule has 16 nitrogen and oxygen atoms in total. The maximum atomic E-state index is 14.6. The Hall–Kier alpha value is -5.55. The van der Waals surface area contributed by atoms with Crippen molar-refractivity contribution >= 4 is 35.2 Å². The highest BCUT2D eigenvalue weighted by Gasteiger charge is 2.67. The van der Waals surface area contributed by atoms with Crippen molar-refractivity contribution in [3.05, 3.63) is 87.2 Å². The van der Waals surface area contributed by atoms with E-state index in [0.717, 1.165) is 0 Å². The number of Topliss-reactive ketones (excluding diaryl/α,β-unsaturated/α-hetero) is 2. The second kappa shape index (κ2) is 13.9. The molecule has 1 aliphatic heterocycles. The number of aliphatic hydroxyl groups excluding tert-OH is 3. The van der Waals surface area contributed by atoms with E-state index in [2.05, 4.69) is 0 Å². The Bertz CT molecular complexity index is 2110. The second-order valence-electron chi connectivity index (χ2n) is 14.3. The molecule has 2 aromatic carbocycles. The van der Waals surface area contributed by atoms with E-state index in [0.29, 0.717) is 5.57 Å². The molecular weight excluding hydrogens is 722 g/mol. The first kappa shape index (κ1) is 39.2. The number of phenolic OH excluding ortho intramolecular Hbond substituents is 2. The van der Waals surface area contributed by atoms with Crippen LogP contribution in [0, 0.1) is 11.8 Å². The number of allylic oxidation sites excluding steroid dienone is 1. The molecule has 292 valence electrons. The maximum Gasteiger partial charge on any atom is 0.342 e. The molecular formula is C39H41NO15. The van der Waals surface area contributed by atoms with Crippen molar-refractivity contribution in [3.8, 4) is 11.5 Å². The minimum Gasteiger partial charge on any atom is -0.508 e. The summed E-state index contributed by atoms with van der Waals surface area (Å²) in [7, 11) is 1.28. The molecule has 1 saturated heterocycles. The third-order valence-electron chi connectivity index (χ3n) is 11.4. The molecule has 0 radical (unpaired) electrons. The van der Waals surface area contributed by atoms with Gasteiger partial charge in [-0.15, -0.1) is 0 Å². The highest BCUT2D eigenvalue weighted by Crippen LogP contribution is 2.59. The largest absolute Gasteiger partial charge is 0.508 e. The van der Waals surface area contributed by atoms with Gasteiger partial charge in [-0.05, 0) is 51.8 Å². The maximum absolute atomic E-state index is 14.6. The Morgan fingerprint density at radius 3 is 2.29 bits per heavy atom. The first-order valence-corrected chi connectivity index (χ1v) is 17.4. The smallest absolute Gasteiger partial charge is 0.342 e. The lowest BCUT2D eigenvalue weighted by molar-refractivity contribution is -0.191. The fourth-order valence-electron chi connectivity index (χ4n) is 8.17. The molecule has 2 fully saturated rings. The number of methoxy groups -OCH3 is 1. The quantitative estimate of drug-likeness (QED) is 0.121. The Balaban J connectivity index is 1.44. The summed E-state index contributed by atoms with van der Waals surface area (Å²) < 4.78 is 23.0. The summed E-state index contributed by atoms with van der Waals surface area (Å²) in [5.41, 5.74) is -1.30. The molecule has 1 saturated carbocycles. The summed E-state index contributed by atoms with van der Waals surface area (Å²) in [5, 5.41) is 68.4. The van der Waals surface area contributed by atoms with Gasteiger partial charge in [0, 0.05) is 42.1 Å². The molecule has 0 aromatic heterocycles. The van der Waals surface area contributed by atoms with Gasteiger partial charge in [0.25, 0.3) is 5.91 Å². The van der Waals surface area contributed by atoms with E-state index in [4.69, 9.17) is 24.7 Å². The zero-order valence-electron chi connectivity index (χ0n) is 30.4. The molecule has 6 rings (SSSR count). The van der Waals surface area contributed by atoms with Crippen molar-refractivity contribution < 1.29 is 73.6 Å². The number of rotatable bonds is 7. The summed E-state index contributed by atoms with van der Waals surface area (Å²) >= 11 is 0. The number of hydrogen-bond acceptors (Lipinski definition) is 15. The number of esters is 2. The van der Waals surface area contributed by atoms with Crippen LogP contribution in [0.2, 0.25) is 0 Å². The lowest BCUT2D eigenvalue weighted by Gasteiger charge is -2.52. The Morgan fingerprint density at radius 1 is 1.02 bits per heavy atom. The molecule has 1 amide bonds. The average Bonchev–Trinajstić information content (AvgIpc) is 3.14. The first-order valence-electron chi connectivity index (χ1n) is 17.4. The molecule has 1 heterocycles. The molecule has 4 aliphatic rings. The lowest BCUT2D eigenvalue weighted by atomic mass is 9.55. The number of amides is 1.